The number of fused-ring (bicyclic) bond motifs is 3. The van der Waals surface area contributed by atoms with E-state index in [4.69, 9.17) is 18.9 Å². The summed E-state index contributed by atoms with van der Waals surface area (Å²) in [4.78, 5) is 2.22. The Morgan fingerprint density at radius 3 is 2.47 bits per heavy atom. The summed E-state index contributed by atoms with van der Waals surface area (Å²) in [7, 11) is 3.08. The molecule has 1 aliphatic carbocycles. The van der Waals surface area contributed by atoms with E-state index in [1.165, 1.54) is 7.11 Å². The van der Waals surface area contributed by atoms with E-state index in [0.717, 1.165) is 24.2 Å². The molecular weight excluding hydrogens is 486 g/mol. The zero-order chi connectivity index (χ0) is 26.5. The highest BCUT2D eigenvalue weighted by atomic mass is 16.5. The Balaban J connectivity index is 1.56. The highest BCUT2D eigenvalue weighted by Gasteiger charge is 2.73. The Kier molecular flexibility index (Phi) is 6.23. The van der Waals surface area contributed by atoms with Crippen molar-refractivity contribution in [1.29, 1.82) is 0 Å². The maximum Gasteiger partial charge on any atom is 0.176 e. The third-order valence-electron chi connectivity index (χ3n) is 8.35. The van der Waals surface area contributed by atoms with Gasteiger partial charge < -0.3 is 34.3 Å². The fourth-order valence-electron chi connectivity index (χ4n) is 6.53. The summed E-state index contributed by atoms with van der Waals surface area (Å²) in [5.74, 6) is 1.07. The maximum absolute atomic E-state index is 12.7. The lowest BCUT2D eigenvalue weighted by Gasteiger charge is -2.41. The van der Waals surface area contributed by atoms with Crippen LogP contribution in [-0.4, -0.2) is 66.8 Å². The first-order valence-electron chi connectivity index (χ1n) is 13.0. The molecule has 6 rings (SSSR count). The number of hydrogen-bond acceptors (Lipinski definition) is 8. The van der Waals surface area contributed by atoms with Gasteiger partial charge in [0.2, 0.25) is 0 Å². The zero-order valence-electron chi connectivity index (χ0n) is 21.6. The largest absolute Gasteiger partial charge is 0.508 e. The third kappa shape index (κ3) is 3.59. The van der Waals surface area contributed by atoms with E-state index in [-0.39, 0.29) is 12.2 Å². The minimum absolute atomic E-state index is 0.171. The van der Waals surface area contributed by atoms with Crippen molar-refractivity contribution in [2.24, 2.45) is 0 Å². The Labute approximate surface area is 222 Å². The van der Waals surface area contributed by atoms with E-state index in [0.29, 0.717) is 48.1 Å². The number of methoxy groups -OCH3 is 2. The highest BCUT2D eigenvalue weighted by Crippen LogP contribution is 2.68. The van der Waals surface area contributed by atoms with Gasteiger partial charge in [-0.2, -0.15) is 0 Å². The van der Waals surface area contributed by atoms with Crippen molar-refractivity contribution in [2.45, 2.75) is 36.2 Å². The van der Waals surface area contributed by atoms with Crippen LogP contribution in [0.25, 0.3) is 0 Å². The van der Waals surface area contributed by atoms with Crippen LogP contribution in [0.5, 0.6) is 23.0 Å². The standard InChI is InChI=1S/C30H33NO7/c1-35-22-15-25(36-2)28-26(16-22)38-30(23(17-27(33)29(28,30)34)19-6-4-3-5-7-19)21-8-9-24(32)20(14-21)18-31-10-12-37-13-11-31/h3-9,14-16,23,27,32-34H,10-13,17-18H2,1-2H3/t23-,27+,29+,30-/m0/s1. The number of morpholine rings is 1. The second-order valence-corrected chi connectivity index (χ2v) is 10.3. The van der Waals surface area contributed by atoms with Gasteiger partial charge in [0.15, 0.2) is 11.2 Å². The summed E-state index contributed by atoms with van der Waals surface area (Å²) < 4.78 is 23.5. The molecule has 200 valence electrons. The van der Waals surface area contributed by atoms with Crippen LogP contribution in [-0.2, 0) is 22.5 Å². The van der Waals surface area contributed by atoms with Gasteiger partial charge in [-0.15, -0.1) is 0 Å². The Morgan fingerprint density at radius 1 is 1.00 bits per heavy atom. The van der Waals surface area contributed by atoms with Crippen molar-refractivity contribution in [2.75, 3.05) is 40.5 Å². The predicted octanol–water partition coefficient (Wildman–Crippen LogP) is 3.27. The Morgan fingerprint density at radius 2 is 1.76 bits per heavy atom. The molecule has 8 nitrogen and oxygen atoms in total. The molecule has 2 heterocycles. The van der Waals surface area contributed by atoms with E-state index in [9.17, 15) is 15.3 Å². The van der Waals surface area contributed by atoms with Crippen LogP contribution in [0.4, 0.5) is 0 Å². The molecule has 0 spiro atoms. The number of aliphatic hydroxyl groups excluding tert-OH is 1. The molecule has 1 saturated carbocycles. The zero-order valence-corrected chi connectivity index (χ0v) is 21.6. The molecule has 2 aliphatic heterocycles. The monoisotopic (exact) mass is 519 g/mol. The summed E-state index contributed by atoms with van der Waals surface area (Å²) in [5.41, 5.74) is -0.489. The molecule has 0 aromatic heterocycles. The van der Waals surface area contributed by atoms with Crippen LogP contribution in [0.15, 0.2) is 60.7 Å². The molecule has 0 radical (unpaired) electrons. The number of phenolic OH excluding ortho intramolecular Hbond substituents is 1. The van der Waals surface area contributed by atoms with E-state index in [2.05, 4.69) is 4.90 Å². The van der Waals surface area contributed by atoms with Crippen molar-refractivity contribution >= 4 is 0 Å². The Hall–Kier alpha value is -3.30. The van der Waals surface area contributed by atoms with E-state index < -0.39 is 23.2 Å². The molecule has 3 aromatic carbocycles. The van der Waals surface area contributed by atoms with Crippen molar-refractivity contribution in [3.05, 3.63) is 82.9 Å². The second-order valence-electron chi connectivity index (χ2n) is 10.3. The van der Waals surface area contributed by atoms with Crippen LogP contribution in [0.1, 0.15) is 34.6 Å². The average molecular weight is 520 g/mol. The van der Waals surface area contributed by atoms with E-state index in [1.807, 2.05) is 36.4 Å². The average Bonchev–Trinajstić information content (AvgIpc) is 3.35. The molecule has 3 aliphatic rings. The van der Waals surface area contributed by atoms with Gasteiger partial charge in [0.1, 0.15) is 23.0 Å². The van der Waals surface area contributed by atoms with Crippen LogP contribution in [0.3, 0.4) is 0 Å². The number of rotatable bonds is 6. The van der Waals surface area contributed by atoms with Gasteiger partial charge in [-0.3, -0.25) is 4.90 Å². The molecule has 2 fully saturated rings. The molecule has 4 atom stereocenters. The van der Waals surface area contributed by atoms with Gasteiger partial charge in [-0.1, -0.05) is 36.4 Å². The van der Waals surface area contributed by atoms with Crippen LogP contribution < -0.4 is 14.2 Å². The molecular formula is C30H33NO7. The smallest absolute Gasteiger partial charge is 0.176 e. The summed E-state index contributed by atoms with van der Waals surface area (Å²) in [6, 6.07) is 18.6. The first kappa shape index (κ1) is 25.0. The molecule has 3 N–H and O–H groups in total. The van der Waals surface area contributed by atoms with Crippen LogP contribution >= 0.6 is 0 Å². The third-order valence-corrected chi connectivity index (χ3v) is 8.35. The minimum atomic E-state index is -1.83. The number of benzene rings is 3. The van der Waals surface area contributed by atoms with Crippen molar-refractivity contribution in [1.82, 2.24) is 4.90 Å². The predicted molar refractivity (Wildman–Crippen MR) is 140 cm³/mol. The summed E-state index contributed by atoms with van der Waals surface area (Å²) in [5, 5.41) is 35.1. The number of aliphatic hydroxyl groups is 2. The maximum atomic E-state index is 12.7. The molecule has 1 saturated heterocycles. The fraction of sp³-hybridized carbons (Fsp3) is 0.400. The normalized spacial score (nSPS) is 28.4. The molecule has 38 heavy (non-hydrogen) atoms. The number of nitrogens with zero attached hydrogens (tertiary/aromatic N) is 1. The lowest BCUT2D eigenvalue weighted by Crippen LogP contribution is -2.52. The quantitative estimate of drug-likeness (QED) is 0.456. The molecule has 3 aromatic rings. The van der Waals surface area contributed by atoms with E-state index >= 15 is 0 Å². The lowest BCUT2D eigenvalue weighted by molar-refractivity contribution is -0.150. The van der Waals surface area contributed by atoms with Crippen molar-refractivity contribution in [3.8, 4) is 23.0 Å². The van der Waals surface area contributed by atoms with Gasteiger partial charge in [-0.05, 0) is 29.7 Å². The van der Waals surface area contributed by atoms with Gasteiger partial charge >= 0.3 is 0 Å². The lowest BCUT2D eigenvalue weighted by atomic mass is 9.71. The fourth-order valence-corrected chi connectivity index (χ4v) is 6.53. The summed E-state index contributed by atoms with van der Waals surface area (Å²) >= 11 is 0. The van der Waals surface area contributed by atoms with Crippen molar-refractivity contribution < 1.29 is 34.3 Å². The Bertz CT molecular complexity index is 1330. The molecule has 0 amide bonds. The topological polar surface area (TPSA) is 101 Å². The molecule has 0 bridgehead atoms. The number of phenols is 1. The highest BCUT2D eigenvalue weighted by molar-refractivity contribution is 5.62. The number of hydrogen-bond donors (Lipinski definition) is 3. The minimum Gasteiger partial charge on any atom is -0.508 e. The van der Waals surface area contributed by atoms with Crippen molar-refractivity contribution in [3.63, 3.8) is 0 Å². The van der Waals surface area contributed by atoms with Crippen LogP contribution in [0.2, 0.25) is 0 Å². The van der Waals surface area contributed by atoms with Crippen LogP contribution in [0, 0.1) is 0 Å². The summed E-state index contributed by atoms with van der Waals surface area (Å²) in [6.45, 7) is 3.35. The first-order valence-corrected chi connectivity index (χ1v) is 13.0. The number of aromatic hydroxyl groups is 1. The number of ether oxygens (including phenoxy) is 4. The molecule has 8 heteroatoms. The molecule has 0 unspecified atom stereocenters. The SMILES string of the molecule is COc1cc(OC)c2c(c1)O[C@@]1(c3ccc(O)c(CN4CCOCC4)c3)[C@H](c3ccccc3)C[C@@H](O)[C@@]21O. The van der Waals surface area contributed by atoms with Gasteiger partial charge in [0.25, 0.3) is 0 Å². The first-order chi connectivity index (χ1) is 18.4. The van der Waals surface area contributed by atoms with Gasteiger partial charge in [0, 0.05) is 43.2 Å². The summed E-state index contributed by atoms with van der Waals surface area (Å²) in [6.07, 6.45) is -0.873. The second kappa shape index (κ2) is 9.47. The van der Waals surface area contributed by atoms with Gasteiger partial charge in [0.05, 0.1) is 39.1 Å². The van der Waals surface area contributed by atoms with E-state index in [1.54, 1.807) is 31.4 Å². The van der Waals surface area contributed by atoms with Gasteiger partial charge in [-0.25, -0.2) is 0 Å².